The molecular formula is C15H16O2. The minimum absolute atomic E-state index is 0.194. The Hall–Kier alpha value is -1.96. The second-order valence-electron chi connectivity index (χ2n) is 4.42. The van der Waals surface area contributed by atoms with Gasteiger partial charge in [-0.15, -0.1) is 0 Å². The fraction of sp³-hybridized carbons (Fsp3) is 0.200. The molecule has 2 heteroatoms. The molecule has 2 rings (SSSR count). The Kier molecular flexibility index (Phi) is 2.80. The molecule has 0 heterocycles. The van der Waals surface area contributed by atoms with E-state index in [0.717, 1.165) is 16.7 Å². The van der Waals surface area contributed by atoms with Crippen molar-refractivity contribution < 1.29 is 10.2 Å². The summed E-state index contributed by atoms with van der Waals surface area (Å²) in [4.78, 5) is 0. The quantitative estimate of drug-likeness (QED) is 0.781. The lowest BCUT2D eigenvalue weighted by atomic mass is 9.94. The highest BCUT2D eigenvalue weighted by molar-refractivity contribution is 5.79. The molecule has 0 aliphatic carbocycles. The van der Waals surface area contributed by atoms with Crippen LogP contribution in [0, 0.1) is 20.8 Å². The highest BCUT2D eigenvalue weighted by Crippen LogP contribution is 2.39. The van der Waals surface area contributed by atoms with Crippen LogP contribution in [0.1, 0.15) is 16.7 Å². The summed E-state index contributed by atoms with van der Waals surface area (Å²) in [6.45, 7) is 5.91. The normalized spacial score (nSPS) is 10.5. The van der Waals surface area contributed by atoms with Crippen molar-refractivity contribution in [1.82, 2.24) is 0 Å². The second-order valence-corrected chi connectivity index (χ2v) is 4.42. The van der Waals surface area contributed by atoms with E-state index in [1.54, 1.807) is 12.1 Å². The molecule has 0 radical (unpaired) electrons. The first-order valence-electron chi connectivity index (χ1n) is 5.60. The Morgan fingerprint density at radius 2 is 1.47 bits per heavy atom. The van der Waals surface area contributed by atoms with Crippen LogP contribution in [0.15, 0.2) is 30.3 Å². The van der Waals surface area contributed by atoms with E-state index in [0.29, 0.717) is 11.1 Å². The van der Waals surface area contributed by atoms with Crippen molar-refractivity contribution in [2.24, 2.45) is 0 Å². The van der Waals surface area contributed by atoms with Gasteiger partial charge in [0.25, 0.3) is 0 Å². The molecule has 0 spiro atoms. The van der Waals surface area contributed by atoms with Crippen LogP contribution in [-0.4, -0.2) is 10.2 Å². The van der Waals surface area contributed by atoms with Crippen LogP contribution < -0.4 is 0 Å². The minimum atomic E-state index is 0.194. The number of phenolic OH excluding ortho intramolecular Hbond substituents is 2. The first-order chi connectivity index (χ1) is 8.00. The van der Waals surface area contributed by atoms with Crippen LogP contribution in [0.4, 0.5) is 0 Å². The van der Waals surface area contributed by atoms with Gasteiger partial charge in [-0.05, 0) is 50.1 Å². The van der Waals surface area contributed by atoms with Gasteiger partial charge < -0.3 is 10.2 Å². The number of hydrogen-bond acceptors (Lipinski definition) is 2. The van der Waals surface area contributed by atoms with Crippen LogP contribution in [0.2, 0.25) is 0 Å². The molecule has 0 saturated carbocycles. The van der Waals surface area contributed by atoms with Gasteiger partial charge in [0.2, 0.25) is 0 Å². The zero-order chi connectivity index (χ0) is 12.6. The first kappa shape index (κ1) is 11.5. The van der Waals surface area contributed by atoms with Crippen molar-refractivity contribution in [3.05, 3.63) is 47.0 Å². The molecule has 0 atom stereocenters. The van der Waals surface area contributed by atoms with Gasteiger partial charge in [-0.3, -0.25) is 0 Å². The maximum absolute atomic E-state index is 9.97. The smallest absolute Gasteiger partial charge is 0.123 e. The average molecular weight is 228 g/mol. The molecule has 2 N–H and O–H groups in total. The van der Waals surface area contributed by atoms with E-state index in [9.17, 15) is 10.2 Å². The molecule has 17 heavy (non-hydrogen) atoms. The van der Waals surface area contributed by atoms with Gasteiger partial charge in [-0.2, -0.15) is 0 Å². The molecule has 88 valence electrons. The Labute approximate surface area is 101 Å². The predicted octanol–water partition coefficient (Wildman–Crippen LogP) is 3.69. The lowest BCUT2D eigenvalue weighted by molar-refractivity contribution is 0.468. The summed E-state index contributed by atoms with van der Waals surface area (Å²) in [6.07, 6.45) is 0. The van der Waals surface area contributed by atoms with E-state index in [1.165, 1.54) is 0 Å². The largest absolute Gasteiger partial charge is 0.507 e. The van der Waals surface area contributed by atoms with Crippen LogP contribution >= 0.6 is 0 Å². The molecule has 0 saturated heterocycles. The van der Waals surface area contributed by atoms with Gasteiger partial charge in [0.15, 0.2) is 0 Å². The van der Waals surface area contributed by atoms with Gasteiger partial charge in [-0.25, -0.2) is 0 Å². The first-order valence-corrected chi connectivity index (χ1v) is 5.60. The predicted molar refractivity (Wildman–Crippen MR) is 69.4 cm³/mol. The fourth-order valence-electron chi connectivity index (χ4n) is 1.99. The Bertz CT molecular complexity index is 571. The van der Waals surface area contributed by atoms with Crippen LogP contribution in [0.3, 0.4) is 0 Å². The summed E-state index contributed by atoms with van der Waals surface area (Å²) in [5.41, 5.74) is 4.54. The van der Waals surface area contributed by atoms with E-state index >= 15 is 0 Å². The summed E-state index contributed by atoms with van der Waals surface area (Å²) in [5, 5.41) is 19.9. The maximum atomic E-state index is 9.97. The number of phenols is 2. The summed E-state index contributed by atoms with van der Waals surface area (Å²) in [7, 11) is 0. The lowest BCUT2D eigenvalue weighted by Gasteiger charge is -2.13. The third-order valence-electron chi connectivity index (χ3n) is 3.14. The van der Waals surface area contributed by atoms with Crippen LogP contribution in [0.5, 0.6) is 11.5 Å². The van der Waals surface area contributed by atoms with Crippen LogP contribution in [0.25, 0.3) is 11.1 Å². The number of benzene rings is 2. The topological polar surface area (TPSA) is 40.5 Å². The Morgan fingerprint density at radius 1 is 0.824 bits per heavy atom. The zero-order valence-corrected chi connectivity index (χ0v) is 10.3. The molecule has 0 unspecified atom stereocenters. The van der Waals surface area contributed by atoms with Crippen molar-refractivity contribution in [2.75, 3.05) is 0 Å². The summed E-state index contributed by atoms with van der Waals surface area (Å²) < 4.78 is 0. The Morgan fingerprint density at radius 3 is 2.18 bits per heavy atom. The molecule has 2 aromatic carbocycles. The lowest BCUT2D eigenvalue weighted by Crippen LogP contribution is -1.89. The van der Waals surface area contributed by atoms with Gasteiger partial charge in [0, 0.05) is 11.1 Å². The third kappa shape index (κ3) is 1.98. The van der Waals surface area contributed by atoms with E-state index in [2.05, 4.69) is 0 Å². The van der Waals surface area contributed by atoms with E-state index < -0.39 is 0 Å². The number of hydrogen-bond donors (Lipinski definition) is 2. The van der Waals surface area contributed by atoms with Crippen molar-refractivity contribution in [3.63, 3.8) is 0 Å². The van der Waals surface area contributed by atoms with Gasteiger partial charge >= 0.3 is 0 Å². The number of aryl methyl sites for hydroxylation is 2. The zero-order valence-electron chi connectivity index (χ0n) is 10.3. The van der Waals surface area contributed by atoms with E-state index in [-0.39, 0.29) is 11.5 Å². The second kappa shape index (κ2) is 4.13. The maximum Gasteiger partial charge on any atom is 0.123 e. The Balaban J connectivity index is 2.76. The highest BCUT2D eigenvalue weighted by atomic mass is 16.3. The fourth-order valence-corrected chi connectivity index (χ4v) is 1.99. The van der Waals surface area contributed by atoms with Crippen molar-refractivity contribution in [1.29, 1.82) is 0 Å². The van der Waals surface area contributed by atoms with Gasteiger partial charge in [-0.1, -0.05) is 17.7 Å². The molecule has 0 fully saturated rings. The van der Waals surface area contributed by atoms with Crippen LogP contribution in [-0.2, 0) is 0 Å². The molecule has 0 aliphatic heterocycles. The van der Waals surface area contributed by atoms with E-state index in [1.807, 2.05) is 39.0 Å². The number of rotatable bonds is 1. The molecular weight excluding hydrogens is 212 g/mol. The highest BCUT2D eigenvalue weighted by Gasteiger charge is 2.13. The molecule has 0 aromatic heterocycles. The van der Waals surface area contributed by atoms with Gasteiger partial charge in [0.1, 0.15) is 11.5 Å². The van der Waals surface area contributed by atoms with Crippen molar-refractivity contribution in [2.45, 2.75) is 20.8 Å². The molecule has 0 amide bonds. The SMILES string of the molecule is Cc1ccc(O)c(-c2c(O)ccc(C)c2C)c1. The summed E-state index contributed by atoms with van der Waals surface area (Å²) in [5.74, 6) is 0.397. The number of aromatic hydroxyl groups is 2. The summed E-state index contributed by atoms with van der Waals surface area (Å²) >= 11 is 0. The van der Waals surface area contributed by atoms with Gasteiger partial charge in [0.05, 0.1) is 0 Å². The van der Waals surface area contributed by atoms with Crippen molar-refractivity contribution in [3.8, 4) is 22.6 Å². The molecule has 0 aliphatic rings. The van der Waals surface area contributed by atoms with E-state index in [4.69, 9.17) is 0 Å². The summed E-state index contributed by atoms with van der Waals surface area (Å²) in [6, 6.07) is 8.93. The molecule has 0 bridgehead atoms. The standard InChI is InChI=1S/C15H16O2/c1-9-4-6-13(16)12(8-9)15-11(3)10(2)5-7-14(15)17/h4-8,16-17H,1-3H3. The minimum Gasteiger partial charge on any atom is -0.507 e. The third-order valence-corrected chi connectivity index (χ3v) is 3.14. The average Bonchev–Trinajstić information content (AvgIpc) is 2.29. The molecule has 2 aromatic rings. The van der Waals surface area contributed by atoms with Crippen molar-refractivity contribution >= 4 is 0 Å². The molecule has 2 nitrogen and oxygen atoms in total. The monoisotopic (exact) mass is 228 g/mol.